The second kappa shape index (κ2) is 7.14. The van der Waals surface area contributed by atoms with Crippen LogP contribution in [-0.2, 0) is 11.2 Å². The summed E-state index contributed by atoms with van der Waals surface area (Å²) in [5.74, 6) is 0.00522. The summed E-state index contributed by atoms with van der Waals surface area (Å²) in [5.41, 5.74) is 4.42. The quantitative estimate of drug-likeness (QED) is 0.603. The highest BCUT2D eigenvalue weighted by molar-refractivity contribution is 5.91. The van der Waals surface area contributed by atoms with Crippen molar-refractivity contribution in [1.29, 1.82) is 0 Å². The number of carbonyl (C=O) groups is 1. The number of aromatic nitrogens is 4. The smallest absolute Gasteiger partial charge is 0.224 e. The molecule has 0 aliphatic carbocycles. The second-order valence-electron chi connectivity index (χ2n) is 5.96. The number of amides is 1. The number of carbonyl (C=O) groups excluding carboxylic acids is 1. The highest BCUT2D eigenvalue weighted by Crippen LogP contribution is 2.20. The molecule has 1 amide bonds. The predicted molar refractivity (Wildman–Crippen MR) is 99.6 cm³/mol. The van der Waals surface area contributed by atoms with Gasteiger partial charge >= 0.3 is 0 Å². The first kappa shape index (κ1) is 16.0. The molecule has 0 bridgehead atoms. The van der Waals surface area contributed by atoms with Crippen molar-refractivity contribution >= 4 is 17.2 Å². The third-order valence-electron chi connectivity index (χ3n) is 4.11. The minimum Gasteiger partial charge on any atom is -0.326 e. The van der Waals surface area contributed by atoms with Crippen LogP contribution in [0.2, 0.25) is 0 Å². The molecule has 1 N–H and O–H groups in total. The number of benzene rings is 2. The summed E-state index contributed by atoms with van der Waals surface area (Å²) >= 11 is 0. The van der Waals surface area contributed by atoms with Crippen LogP contribution in [-0.4, -0.2) is 25.7 Å². The van der Waals surface area contributed by atoms with Crippen LogP contribution >= 0.6 is 0 Å². The van der Waals surface area contributed by atoms with Gasteiger partial charge in [0.25, 0.3) is 0 Å². The Morgan fingerprint density at radius 3 is 2.58 bits per heavy atom. The summed E-state index contributed by atoms with van der Waals surface area (Å²) in [5, 5.41) is 15.2. The number of aryl methyl sites for hydroxylation is 1. The summed E-state index contributed by atoms with van der Waals surface area (Å²) < 4.78 is 1.63. The van der Waals surface area contributed by atoms with E-state index in [0.29, 0.717) is 12.1 Å². The average Bonchev–Trinajstić information content (AvgIpc) is 3.16. The summed E-state index contributed by atoms with van der Waals surface area (Å²) in [6.07, 6.45) is 2.76. The van der Waals surface area contributed by atoms with Gasteiger partial charge in [-0.2, -0.15) is 9.61 Å². The molecule has 2 aromatic carbocycles. The van der Waals surface area contributed by atoms with Gasteiger partial charge in [-0.15, -0.1) is 10.2 Å². The maximum Gasteiger partial charge on any atom is 0.224 e. The molecule has 6 nitrogen and oxygen atoms in total. The van der Waals surface area contributed by atoms with Crippen molar-refractivity contribution in [3.8, 4) is 11.3 Å². The maximum absolute atomic E-state index is 12.1. The van der Waals surface area contributed by atoms with E-state index >= 15 is 0 Å². The molecule has 0 spiro atoms. The van der Waals surface area contributed by atoms with Crippen molar-refractivity contribution in [1.82, 2.24) is 19.8 Å². The first-order valence-electron chi connectivity index (χ1n) is 8.39. The van der Waals surface area contributed by atoms with Crippen LogP contribution in [0.25, 0.3) is 16.9 Å². The molecule has 6 heteroatoms. The third kappa shape index (κ3) is 3.59. The molecule has 2 heterocycles. The molecule has 0 aliphatic rings. The SMILES string of the molecule is O=C(CCc1ccccc1)Nc1ccc(-c2ccc3nncn3n2)cc1. The Morgan fingerprint density at radius 1 is 0.962 bits per heavy atom. The zero-order valence-corrected chi connectivity index (χ0v) is 14.0. The van der Waals surface area contributed by atoms with Gasteiger partial charge in [-0.25, -0.2) is 0 Å². The van der Waals surface area contributed by atoms with Gasteiger partial charge in [0, 0.05) is 17.7 Å². The number of nitrogens with one attached hydrogen (secondary N) is 1. The molecule has 0 atom stereocenters. The lowest BCUT2D eigenvalue weighted by Crippen LogP contribution is -2.12. The first-order valence-corrected chi connectivity index (χ1v) is 8.39. The van der Waals surface area contributed by atoms with E-state index in [1.54, 1.807) is 10.8 Å². The normalized spacial score (nSPS) is 10.8. The average molecular weight is 343 g/mol. The lowest BCUT2D eigenvalue weighted by molar-refractivity contribution is -0.116. The maximum atomic E-state index is 12.1. The highest BCUT2D eigenvalue weighted by atomic mass is 16.1. The number of hydrogen-bond donors (Lipinski definition) is 1. The van der Waals surface area contributed by atoms with Crippen molar-refractivity contribution in [2.45, 2.75) is 12.8 Å². The largest absolute Gasteiger partial charge is 0.326 e. The summed E-state index contributed by atoms with van der Waals surface area (Å²) in [6, 6.07) is 21.4. The molecule has 0 fully saturated rings. The number of rotatable bonds is 5. The molecule has 0 aliphatic heterocycles. The van der Waals surface area contributed by atoms with Crippen molar-refractivity contribution in [2.24, 2.45) is 0 Å². The fourth-order valence-electron chi connectivity index (χ4n) is 2.73. The standard InChI is InChI=1S/C20H17N5O/c26-20(13-6-15-4-2-1-3-5-15)22-17-9-7-16(8-10-17)18-11-12-19-23-21-14-25(19)24-18/h1-5,7-12,14H,6,13H2,(H,22,26). The van der Waals surface area contributed by atoms with Crippen LogP contribution in [0.3, 0.4) is 0 Å². The van der Waals surface area contributed by atoms with Crippen molar-refractivity contribution in [3.05, 3.63) is 78.6 Å². The zero-order chi connectivity index (χ0) is 17.8. The number of nitrogens with zero attached hydrogens (tertiary/aromatic N) is 4. The first-order chi connectivity index (χ1) is 12.8. The second-order valence-corrected chi connectivity index (χ2v) is 5.96. The predicted octanol–water partition coefficient (Wildman–Crippen LogP) is 3.36. The van der Waals surface area contributed by atoms with Gasteiger partial charge in [0.15, 0.2) is 5.65 Å². The molecule has 0 unspecified atom stereocenters. The van der Waals surface area contributed by atoms with Gasteiger partial charge < -0.3 is 5.32 Å². The Labute approximate surface area is 150 Å². The Morgan fingerprint density at radius 2 is 1.77 bits per heavy atom. The lowest BCUT2D eigenvalue weighted by atomic mass is 10.1. The minimum atomic E-state index is 0.00522. The van der Waals surface area contributed by atoms with E-state index in [0.717, 1.165) is 28.9 Å². The topological polar surface area (TPSA) is 72.2 Å². The van der Waals surface area contributed by atoms with Crippen LogP contribution in [0.4, 0.5) is 5.69 Å². The van der Waals surface area contributed by atoms with Gasteiger partial charge in [-0.1, -0.05) is 42.5 Å². The van der Waals surface area contributed by atoms with Gasteiger partial charge in [0.1, 0.15) is 6.33 Å². The van der Waals surface area contributed by atoms with E-state index in [9.17, 15) is 4.79 Å². The number of hydrogen-bond acceptors (Lipinski definition) is 4. The van der Waals surface area contributed by atoms with Crippen LogP contribution < -0.4 is 5.32 Å². The Kier molecular flexibility index (Phi) is 4.38. The van der Waals surface area contributed by atoms with E-state index in [4.69, 9.17) is 0 Å². The summed E-state index contributed by atoms with van der Waals surface area (Å²) in [6.45, 7) is 0. The van der Waals surface area contributed by atoms with Crippen molar-refractivity contribution in [3.63, 3.8) is 0 Å². The van der Waals surface area contributed by atoms with E-state index in [2.05, 4.69) is 20.6 Å². The molecule has 2 aromatic heterocycles. The molecule has 4 rings (SSSR count). The molecule has 0 saturated carbocycles. The van der Waals surface area contributed by atoms with Crippen LogP contribution in [0, 0.1) is 0 Å². The fraction of sp³-hybridized carbons (Fsp3) is 0.100. The van der Waals surface area contributed by atoms with E-state index in [1.807, 2.05) is 66.7 Å². The van der Waals surface area contributed by atoms with Gasteiger partial charge in [-0.3, -0.25) is 4.79 Å². The Bertz CT molecular complexity index is 1020. The summed E-state index contributed by atoms with van der Waals surface area (Å²) in [7, 11) is 0. The molecule has 0 saturated heterocycles. The molecular formula is C20H17N5O. The number of anilines is 1. The molecule has 128 valence electrons. The molecule has 0 radical (unpaired) electrons. The van der Waals surface area contributed by atoms with Gasteiger partial charge in [-0.05, 0) is 36.2 Å². The lowest BCUT2D eigenvalue weighted by Gasteiger charge is -2.07. The van der Waals surface area contributed by atoms with E-state index in [1.165, 1.54) is 0 Å². The van der Waals surface area contributed by atoms with Crippen LogP contribution in [0.1, 0.15) is 12.0 Å². The monoisotopic (exact) mass is 343 g/mol. The molecular weight excluding hydrogens is 326 g/mol. The van der Waals surface area contributed by atoms with Crippen molar-refractivity contribution < 1.29 is 4.79 Å². The zero-order valence-electron chi connectivity index (χ0n) is 14.0. The van der Waals surface area contributed by atoms with Crippen LogP contribution in [0.15, 0.2) is 73.1 Å². The van der Waals surface area contributed by atoms with Crippen molar-refractivity contribution in [2.75, 3.05) is 5.32 Å². The minimum absolute atomic E-state index is 0.00522. The van der Waals surface area contributed by atoms with E-state index in [-0.39, 0.29) is 5.91 Å². The highest BCUT2D eigenvalue weighted by Gasteiger charge is 2.05. The van der Waals surface area contributed by atoms with Gasteiger partial charge in [0.05, 0.1) is 5.69 Å². The Hall–Kier alpha value is -3.54. The third-order valence-corrected chi connectivity index (χ3v) is 4.11. The molecule has 4 aromatic rings. The number of fused-ring (bicyclic) bond motifs is 1. The molecule has 26 heavy (non-hydrogen) atoms. The van der Waals surface area contributed by atoms with Gasteiger partial charge in [0.2, 0.25) is 5.91 Å². The van der Waals surface area contributed by atoms with E-state index < -0.39 is 0 Å². The Balaban J connectivity index is 1.40. The summed E-state index contributed by atoms with van der Waals surface area (Å²) in [4.78, 5) is 12.1. The fourth-order valence-corrected chi connectivity index (χ4v) is 2.73. The van der Waals surface area contributed by atoms with Crippen LogP contribution in [0.5, 0.6) is 0 Å².